The number of nitrogens with one attached hydrogen (secondary N) is 1. The molecule has 1 atom stereocenters. The largest absolute Gasteiger partial charge is 0.338 e. The van der Waals surface area contributed by atoms with Crippen molar-refractivity contribution >= 4 is 17.5 Å². The molecule has 1 aromatic heterocycles. The molecule has 5 heteroatoms. The second-order valence-electron chi connectivity index (χ2n) is 5.53. The highest BCUT2D eigenvalue weighted by Crippen LogP contribution is 2.24. The first-order valence-electron chi connectivity index (χ1n) is 7.26. The van der Waals surface area contributed by atoms with E-state index in [1.807, 2.05) is 23.1 Å². The van der Waals surface area contributed by atoms with E-state index in [0.29, 0.717) is 16.5 Å². The van der Waals surface area contributed by atoms with Gasteiger partial charge in [-0.05, 0) is 43.4 Å². The molecule has 0 radical (unpaired) electrons. The molecule has 2 heterocycles. The molecule has 0 aliphatic carbocycles. The summed E-state index contributed by atoms with van der Waals surface area (Å²) in [6.07, 6.45) is 4.89. The van der Waals surface area contributed by atoms with Crippen molar-refractivity contribution in [3.63, 3.8) is 0 Å². The van der Waals surface area contributed by atoms with Crippen molar-refractivity contribution in [1.29, 1.82) is 0 Å². The first-order chi connectivity index (χ1) is 10.2. The summed E-state index contributed by atoms with van der Waals surface area (Å²) in [4.78, 5) is 14.5. The summed E-state index contributed by atoms with van der Waals surface area (Å²) in [7, 11) is 0. The SMILES string of the molecule is O=C(c1ccccc1Cl)N1CCC[C@@H](Cc2ccn[nH]2)C1. The van der Waals surface area contributed by atoms with Crippen molar-refractivity contribution in [1.82, 2.24) is 15.1 Å². The van der Waals surface area contributed by atoms with Crippen LogP contribution >= 0.6 is 11.6 Å². The Balaban J connectivity index is 1.68. The molecule has 1 aliphatic heterocycles. The topological polar surface area (TPSA) is 49.0 Å². The zero-order valence-electron chi connectivity index (χ0n) is 11.8. The average Bonchev–Trinajstić information content (AvgIpc) is 3.00. The number of likely N-dealkylation sites (tertiary alicyclic amines) is 1. The van der Waals surface area contributed by atoms with Gasteiger partial charge in [-0.2, -0.15) is 5.10 Å². The lowest BCUT2D eigenvalue weighted by molar-refractivity contribution is 0.0673. The van der Waals surface area contributed by atoms with E-state index in [4.69, 9.17) is 11.6 Å². The standard InChI is InChI=1S/C16H18ClN3O/c17-15-6-2-1-5-14(15)16(21)20-9-3-4-12(11-20)10-13-7-8-18-19-13/h1-2,5-8,12H,3-4,9-11H2,(H,18,19)/t12-/m0/s1. The molecular weight excluding hydrogens is 286 g/mol. The molecule has 0 saturated carbocycles. The summed E-state index contributed by atoms with van der Waals surface area (Å²) in [6.45, 7) is 1.59. The number of carbonyl (C=O) groups is 1. The highest BCUT2D eigenvalue weighted by Gasteiger charge is 2.25. The highest BCUT2D eigenvalue weighted by molar-refractivity contribution is 6.33. The normalized spacial score (nSPS) is 18.7. The van der Waals surface area contributed by atoms with Crippen LogP contribution in [0.2, 0.25) is 5.02 Å². The van der Waals surface area contributed by atoms with Crippen LogP contribution in [-0.2, 0) is 6.42 Å². The Hall–Kier alpha value is -1.81. The lowest BCUT2D eigenvalue weighted by Crippen LogP contribution is -2.40. The van der Waals surface area contributed by atoms with Gasteiger partial charge in [-0.15, -0.1) is 0 Å². The van der Waals surface area contributed by atoms with Crippen LogP contribution in [0.3, 0.4) is 0 Å². The third kappa shape index (κ3) is 3.27. The molecular formula is C16H18ClN3O. The fraction of sp³-hybridized carbons (Fsp3) is 0.375. The number of piperidine rings is 1. The van der Waals surface area contributed by atoms with Crippen molar-refractivity contribution in [2.75, 3.05) is 13.1 Å². The van der Waals surface area contributed by atoms with Gasteiger partial charge in [0, 0.05) is 25.0 Å². The van der Waals surface area contributed by atoms with E-state index in [1.54, 1.807) is 18.3 Å². The van der Waals surface area contributed by atoms with Crippen LogP contribution in [-0.4, -0.2) is 34.1 Å². The first-order valence-corrected chi connectivity index (χ1v) is 7.64. The predicted molar refractivity (Wildman–Crippen MR) is 82.4 cm³/mol. The Labute approximate surface area is 129 Å². The van der Waals surface area contributed by atoms with E-state index >= 15 is 0 Å². The van der Waals surface area contributed by atoms with E-state index < -0.39 is 0 Å². The minimum atomic E-state index is 0.0370. The van der Waals surface area contributed by atoms with Crippen molar-refractivity contribution < 1.29 is 4.79 Å². The lowest BCUT2D eigenvalue weighted by Gasteiger charge is -2.32. The molecule has 1 aromatic carbocycles. The van der Waals surface area contributed by atoms with Crippen LogP contribution in [0.1, 0.15) is 28.9 Å². The van der Waals surface area contributed by atoms with Crippen molar-refractivity contribution in [2.24, 2.45) is 5.92 Å². The Morgan fingerprint density at radius 1 is 1.38 bits per heavy atom. The third-order valence-corrected chi connectivity index (χ3v) is 4.31. The molecule has 110 valence electrons. The number of benzene rings is 1. The number of hydrogen-bond acceptors (Lipinski definition) is 2. The van der Waals surface area contributed by atoms with E-state index in [2.05, 4.69) is 10.2 Å². The van der Waals surface area contributed by atoms with Crippen LogP contribution in [0.5, 0.6) is 0 Å². The number of aromatic amines is 1. The number of rotatable bonds is 3. The molecule has 0 bridgehead atoms. The highest BCUT2D eigenvalue weighted by atomic mass is 35.5. The number of aromatic nitrogens is 2. The van der Waals surface area contributed by atoms with Crippen molar-refractivity contribution in [3.05, 3.63) is 52.8 Å². The number of carbonyl (C=O) groups excluding carboxylic acids is 1. The van der Waals surface area contributed by atoms with E-state index in [0.717, 1.165) is 38.0 Å². The van der Waals surface area contributed by atoms with E-state index in [9.17, 15) is 4.79 Å². The molecule has 21 heavy (non-hydrogen) atoms. The van der Waals surface area contributed by atoms with Gasteiger partial charge in [0.05, 0.1) is 10.6 Å². The molecule has 4 nitrogen and oxygen atoms in total. The van der Waals surface area contributed by atoms with Gasteiger partial charge in [0.25, 0.3) is 5.91 Å². The lowest BCUT2D eigenvalue weighted by atomic mass is 9.93. The maximum absolute atomic E-state index is 12.6. The first kappa shape index (κ1) is 14.1. The molecule has 1 amide bonds. The Kier molecular flexibility index (Phi) is 4.25. The molecule has 1 fully saturated rings. The zero-order valence-corrected chi connectivity index (χ0v) is 12.5. The van der Waals surface area contributed by atoms with Gasteiger partial charge in [-0.1, -0.05) is 23.7 Å². The molecule has 2 aromatic rings. The van der Waals surface area contributed by atoms with Gasteiger partial charge < -0.3 is 4.90 Å². The van der Waals surface area contributed by atoms with Gasteiger partial charge in [-0.3, -0.25) is 9.89 Å². The molecule has 3 rings (SSSR count). The Morgan fingerprint density at radius 3 is 3.00 bits per heavy atom. The zero-order chi connectivity index (χ0) is 14.7. The molecule has 1 aliphatic rings. The third-order valence-electron chi connectivity index (χ3n) is 3.98. The maximum Gasteiger partial charge on any atom is 0.255 e. The molecule has 0 spiro atoms. The minimum Gasteiger partial charge on any atom is -0.338 e. The summed E-state index contributed by atoms with van der Waals surface area (Å²) in [6, 6.07) is 9.25. The smallest absolute Gasteiger partial charge is 0.255 e. The number of hydrogen-bond donors (Lipinski definition) is 1. The van der Waals surface area contributed by atoms with Crippen LogP contribution in [0, 0.1) is 5.92 Å². The van der Waals surface area contributed by atoms with Gasteiger partial charge in [-0.25, -0.2) is 0 Å². The van der Waals surface area contributed by atoms with Crippen LogP contribution in [0.4, 0.5) is 0 Å². The number of amides is 1. The average molecular weight is 304 g/mol. The second-order valence-corrected chi connectivity index (χ2v) is 5.93. The summed E-state index contributed by atoms with van der Waals surface area (Å²) in [5.41, 5.74) is 1.73. The van der Waals surface area contributed by atoms with Crippen molar-refractivity contribution in [2.45, 2.75) is 19.3 Å². The van der Waals surface area contributed by atoms with Crippen LogP contribution in [0.25, 0.3) is 0 Å². The minimum absolute atomic E-state index is 0.0370. The van der Waals surface area contributed by atoms with E-state index in [-0.39, 0.29) is 5.91 Å². The second kappa shape index (κ2) is 6.31. The predicted octanol–water partition coefficient (Wildman–Crippen LogP) is 3.16. The van der Waals surface area contributed by atoms with Gasteiger partial charge in [0.1, 0.15) is 0 Å². The monoisotopic (exact) mass is 303 g/mol. The molecule has 1 saturated heterocycles. The molecule has 1 N–H and O–H groups in total. The number of halogens is 1. The maximum atomic E-state index is 12.6. The summed E-state index contributed by atoms with van der Waals surface area (Å²) in [5.74, 6) is 0.514. The summed E-state index contributed by atoms with van der Waals surface area (Å²) in [5, 5.41) is 7.50. The number of H-pyrrole nitrogens is 1. The van der Waals surface area contributed by atoms with E-state index in [1.165, 1.54) is 0 Å². The van der Waals surface area contributed by atoms with Gasteiger partial charge in [0.15, 0.2) is 0 Å². The summed E-state index contributed by atoms with van der Waals surface area (Å²) < 4.78 is 0. The summed E-state index contributed by atoms with van der Waals surface area (Å²) >= 11 is 6.13. The fourth-order valence-corrected chi connectivity index (χ4v) is 3.15. The van der Waals surface area contributed by atoms with Crippen LogP contribution < -0.4 is 0 Å². The molecule has 0 unspecified atom stereocenters. The number of nitrogens with zero attached hydrogens (tertiary/aromatic N) is 2. The van der Waals surface area contributed by atoms with Crippen LogP contribution in [0.15, 0.2) is 36.5 Å². The fourth-order valence-electron chi connectivity index (χ4n) is 2.93. The Morgan fingerprint density at radius 2 is 2.24 bits per heavy atom. The Bertz CT molecular complexity index is 612. The quantitative estimate of drug-likeness (QED) is 0.947. The van der Waals surface area contributed by atoms with Gasteiger partial charge in [0.2, 0.25) is 0 Å². The van der Waals surface area contributed by atoms with Crippen molar-refractivity contribution in [3.8, 4) is 0 Å². The van der Waals surface area contributed by atoms with Gasteiger partial charge >= 0.3 is 0 Å².